The van der Waals surface area contributed by atoms with E-state index in [1.54, 1.807) is 6.07 Å². The molecule has 30 heavy (non-hydrogen) atoms. The topological polar surface area (TPSA) is 48.0 Å². The first-order chi connectivity index (χ1) is 13.8. The van der Waals surface area contributed by atoms with Gasteiger partial charge in [-0.2, -0.15) is 0 Å². The Bertz CT molecular complexity index is 828. The molecule has 0 aliphatic carbocycles. The predicted octanol–water partition coefficient (Wildman–Crippen LogP) is 3.56. The zero-order chi connectivity index (χ0) is 22.3. The van der Waals surface area contributed by atoms with E-state index >= 15 is 0 Å². The molecule has 3 rings (SSSR count). The summed E-state index contributed by atoms with van der Waals surface area (Å²) in [5.74, 6) is -0.522. The molecule has 1 fully saturated rings. The van der Waals surface area contributed by atoms with Gasteiger partial charge in [-0.05, 0) is 72.0 Å². The minimum Gasteiger partial charge on any atom is -0.459 e. The van der Waals surface area contributed by atoms with Crippen molar-refractivity contribution in [3.8, 4) is 0 Å². The van der Waals surface area contributed by atoms with Gasteiger partial charge in [0.05, 0.1) is 17.7 Å². The maximum atomic E-state index is 14.9. The molecule has 0 amide bonds. The van der Waals surface area contributed by atoms with Gasteiger partial charge < -0.3 is 14.0 Å². The number of ether oxygens (including phenoxy) is 1. The van der Waals surface area contributed by atoms with Gasteiger partial charge in [0.25, 0.3) is 0 Å². The van der Waals surface area contributed by atoms with E-state index in [2.05, 4.69) is 0 Å². The molecule has 5 nitrogen and oxygen atoms in total. The summed E-state index contributed by atoms with van der Waals surface area (Å²) in [6, 6.07) is 5.17. The van der Waals surface area contributed by atoms with Crippen LogP contribution in [0.3, 0.4) is 0 Å². The standard InChI is InChI=1S/C23H33BFNO4/c1-21(2,3)28-20(27)15-26-12-10-16(11-13-26)18-9-8-17(14-19(18)25)24-29-22(4,5)23(6,7)30-24/h8-10,14H,11-13,15H2,1-7H3. The van der Waals surface area contributed by atoms with Crippen molar-refractivity contribution in [2.45, 2.75) is 71.7 Å². The molecule has 1 saturated heterocycles. The first-order valence-corrected chi connectivity index (χ1v) is 10.6. The fourth-order valence-corrected chi connectivity index (χ4v) is 3.57. The number of carbonyl (C=O) groups excluding carboxylic acids is 1. The largest absolute Gasteiger partial charge is 0.494 e. The van der Waals surface area contributed by atoms with Crippen LogP contribution in [-0.4, -0.2) is 54.4 Å². The van der Waals surface area contributed by atoms with E-state index in [0.717, 1.165) is 5.57 Å². The zero-order valence-electron chi connectivity index (χ0n) is 19.2. The number of halogens is 1. The highest BCUT2D eigenvalue weighted by Crippen LogP contribution is 2.36. The molecule has 0 aromatic heterocycles. The van der Waals surface area contributed by atoms with Gasteiger partial charge in [-0.1, -0.05) is 18.2 Å². The molecule has 2 aliphatic heterocycles. The molecule has 0 N–H and O–H groups in total. The van der Waals surface area contributed by atoms with Gasteiger partial charge in [0.15, 0.2) is 0 Å². The number of hydrogen-bond donors (Lipinski definition) is 0. The molecule has 0 unspecified atom stereocenters. The van der Waals surface area contributed by atoms with Crippen LogP contribution in [0.5, 0.6) is 0 Å². The lowest BCUT2D eigenvalue weighted by Crippen LogP contribution is -2.41. The highest BCUT2D eigenvalue weighted by molar-refractivity contribution is 6.62. The van der Waals surface area contributed by atoms with E-state index in [1.165, 1.54) is 6.07 Å². The Balaban J connectivity index is 1.65. The summed E-state index contributed by atoms with van der Waals surface area (Å²) in [5.41, 5.74) is 0.807. The molecule has 7 heteroatoms. The second-order valence-corrected chi connectivity index (χ2v) is 10.1. The van der Waals surface area contributed by atoms with Crippen LogP contribution in [0.1, 0.15) is 60.5 Å². The van der Waals surface area contributed by atoms with E-state index in [1.807, 2.05) is 65.5 Å². The predicted molar refractivity (Wildman–Crippen MR) is 117 cm³/mol. The van der Waals surface area contributed by atoms with Crippen molar-refractivity contribution in [3.63, 3.8) is 0 Å². The van der Waals surface area contributed by atoms with Crippen LogP contribution in [0.2, 0.25) is 0 Å². The fraction of sp³-hybridized carbons (Fsp3) is 0.609. The molecule has 1 aromatic rings. The van der Waals surface area contributed by atoms with Gasteiger partial charge in [0.2, 0.25) is 0 Å². The summed E-state index contributed by atoms with van der Waals surface area (Å²) in [6.07, 6.45) is 2.66. The van der Waals surface area contributed by atoms with Gasteiger partial charge in [0.1, 0.15) is 11.4 Å². The average molecular weight is 417 g/mol. The molecule has 1 aromatic carbocycles. The SMILES string of the molecule is CC(C)(C)OC(=O)CN1CC=C(c2ccc(B3OC(C)(C)C(C)(C)O3)cc2F)CC1. The summed E-state index contributed by atoms with van der Waals surface area (Å²) in [7, 11) is -0.580. The van der Waals surface area contributed by atoms with Gasteiger partial charge in [0, 0.05) is 18.7 Å². The number of hydrogen-bond acceptors (Lipinski definition) is 5. The molecule has 2 aliphatic rings. The molecule has 0 radical (unpaired) electrons. The van der Waals surface area contributed by atoms with Gasteiger partial charge in [-0.15, -0.1) is 0 Å². The van der Waals surface area contributed by atoms with E-state index in [4.69, 9.17) is 14.0 Å². The average Bonchev–Trinajstić information content (AvgIpc) is 2.82. The number of benzene rings is 1. The van der Waals surface area contributed by atoms with Crippen molar-refractivity contribution in [1.29, 1.82) is 0 Å². The van der Waals surface area contributed by atoms with Crippen molar-refractivity contribution < 1.29 is 23.2 Å². The highest BCUT2D eigenvalue weighted by atomic mass is 19.1. The normalized spacial score (nSPS) is 21.5. The number of nitrogens with zero attached hydrogens (tertiary/aromatic N) is 1. The van der Waals surface area contributed by atoms with Crippen molar-refractivity contribution in [2.75, 3.05) is 19.6 Å². The van der Waals surface area contributed by atoms with Crippen LogP contribution in [0.4, 0.5) is 4.39 Å². The molecule has 0 atom stereocenters. The molecule has 0 spiro atoms. The third-order valence-corrected chi connectivity index (χ3v) is 5.93. The third-order valence-electron chi connectivity index (χ3n) is 5.93. The van der Waals surface area contributed by atoms with Gasteiger partial charge in [-0.3, -0.25) is 9.69 Å². The van der Waals surface area contributed by atoms with E-state index in [9.17, 15) is 9.18 Å². The Hall–Kier alpha value is -1.70. The summed E-state index contributed by atoms with van der Waals surface area (Å²) >= 11 is 0. The molecule has 0 bridgehead atoms. The Labute approximate surface area is 179 Å². The van der Waals surface area contributed by atoms with Crippen molar-refractivity contribution in [1.82, 2.24) is 4.90 Å². The van der Waals surface area contributed by atoms with E-state index in [-0.39, 0.29) is 18.3 Å². The highest BCUT2D eigenvalue weighted by Gasteiger charge is 2.51. The lowest BCUT2D eigenvalue weighted by Gasteiger charge is -2.32. The Kier molecular flexibility index (Phi) is 6.20. The summed E-state index contributed by atoms with van der Waals surface area (Å²) in [4.78, 5) is 14.0. The van der Waals surface area contributed by atoms with Crippen LogP contribution >= 0.6 is 0 Å². The molecular weight excluding hydrogens is 384 g/mol. The summed E-state index contributed by atoms with van der Waals surface area (Å²) in [6.45, 7) is 15.0. The second-order valence-electron chi connectivity index (χ2n) is 10.1. The monoisotopic (exact) mass is 417 g/mol. The number of carbonyl (C=O) groups is 1. The van der Waals surface area contributed by atoms with E-state index < -0.39 is 23.9 Å². The minimum atomic E-state index is -0.580. The first-order valence-electron chi connectivity index (χ1n) is 10.6. The van der Waals surface area contributed by atoms with E-state index in [0.29, 0.717) is 30.5 Å². The summed E-state index contributed by atoms with van der Waals surface area (Å²) < 4.78 is 32.3. The number of rotatable bonds is 4. The molecular formula is C23H33BFNO4. The fourth-order valence-electron chi connectivity index (χ4n) is 3.57. The van der Waals surface area contributed by atoms with Crippen molar-refractivity contribution in [2.24, 2.45) is 0 Å². The first kappa shape index (κ1) is 23.0. The smallest absolute Gasteiger partial charge is 0.459 e. The second kappa shape index (κ2) is 8.10. The van der Waals surface area contributed by atoms with Crippen LogP contribution in [0.25, 0.3) is 5.57 Å². The van der Waals surface area contributed by atoms with Crippen LogP contribution in [0, 0.1) is 5.82 Å². The van der Waals surface area contributed by atoms with Crippen LogP contribution < -0.4 is 5.46 Å². The third kappa shape index (κ3) is 5.13. The van der Waals surface area contributed by atoms with Crippen LogP contribution in [0.15, 0.2) is 24.3 Å². The van der Waals surface area contributed by atoms with Crippen LogP contribution in [-0.2, 0) is 18.8 Å². The Morgan fingerprint density at radius 3 is 2.33 bits per heavy atom. The lowest BCUT2D eigenvalue weighted by molar-refractivity contribution is -0.156. The Morgan fingerprint density at radius 1 is 1.20 bits per heavy atom. The Morgan fingerprint density at radius 2 is 1.83 bits per heavy atom. The molecule has 2 heterocycles. The maximum Gasteiger partial charge on any atom is 0.494 e. The van der Waals surface area contributed by atoms with Crippen molar-refractivity contribution >= 4 is 24.1 Å². The number of esters is 1. The minimum absolute atomic E-state index is 0.239. The summed E-state index contributed by atoms with van der Waals surface area (Å²) in [5, 5.41) is 0. The zero-order valence-corrected chi connectivity index (χ0v) is 19.2. The quantitative estimate of drug-likeness (QED) is 0.554. The maximum absolute atomic E-state index is 14.9. The lowest BCUT2D eigenvalue weighted by atomic mass is 9.78. The van der Waals surface area contributed by atoms with Gasteiger partial charge in [-0.25, -0.2) is 4.39 Å². The van der Waals surface area contributed by atoms with Gasteiger partial charge >= 0.3 is 13.1 Å². The van der Waals surface area contributed by atoms with Crippen molar-refractivity contribution in [3.05, 3.63) is 35.7 Å². The molecule has 164 valence electrons. The molecule has 0 saturated carbocycles.